The number of ether oxygens (including phenoxy) is 1. The first kappa shape index (κ1) is 21.9. The third-order valence-corrected chi connectivity index (χ3v) is 5.83. The van der Waals surface area contributed by atoms with Gasteiger partial charge >= 0.3 is 6.09 Å². The van der Waals surface area contributed by atoms with Gasteiger partial charge in [0, 0.05) is 43.7 Å². The molecule has 2 aromatic carbocycles. The van der Waals surface area contributed by atoms with E-state index in [2.05, 4.69) is 34.1 Å². The molecule has 168 valence electrons. The molecular formula is C26H31N3O3. The van der Waals surface area contributed by atoms with Crippen molar-refractivity contribution < 1.29 is 14.3 Å². The first-order chi connectivity index (χ1) is 15.2. The second kappa shape index (κ2) is 8.69. The minimum atomic E-state index is -0.707. The number of amides is 2. The van der Waals surface area contributed by atoms with Gasteiger partial charge in [-0.15, -0.1) is 0 Å². The van der Waals surface area contributed by atoms with Crippen LogP contribution >= 0.6 is 0 Å². The second-order valence-corrected chi connectivity index (χ2v) is 9.46. The van der Waals surface area contributed by atoms with E-state index in [0.717, 1.165) is 28.5 Å². The van der Waals surface area contributed by atoms with Crippen LogP contribution in [0.15, 0.2) is 54.7 Å². The minimum Gasteiger partial charge on any atom is -0.444 e. The first-order valence-corrected chi connectivity index (χ1v) is 11.1. The van der Waals surface area contributed by atoms with E-state index in [1.54, 1.807) is 0 Å². The van der Waals surface area contributed by atoms with Gasteiger partial charge in [-0.05, 0) is 49.9 Å². The summed E-state index contributed by atoms with van der Waals surface area (Å²) in [6.07, 6.45) is 2.67. The quantitative estimate of drug-likeness (QED) is 0.671. The zero-order valence-corrected chi connectivity index (χ0v) is 19.2. The van der Waals surface area contributed by atoms with Gasteiger partial charge in [0.25, 0.3) is 0 Å². The molecule has 1 unspecified atom stereocenters. The van der Waals surface area contributed by atoms with Crippen LogP contribution < -0.4 is 5.32 Å². The smallest absolute Gasteiger partial charge is 0.408 e. The maximum absolute atomic E-state index is 13.6. The largest absolute Gasteiger partial charge is 0.444 e. The molecule has 3 aromatic rings. The normalized spacial score (nSPS) is 14.7. The maximum Gasteiger partial charge on any atom is 0.408 e. The summed E-state index contributed by atoms with van der Waals surface area (Å²) >= 11 is 0. The monoisotopic (exact) mass is 433 g/mol. The van der Waals surface area contributed by atoms with Crippen LogP contribution in [-0.2, 0) is 36.0 Å². The lowest BCUT2D eigenvalue weighted by Crippen LogP contribution is -2.51. The fraction of sp³-hybridized carbons (Fsp3) is 0.385. The Kier molecular flexibility index (Phi) is 5.96. The Balaban J connectivity index is 1.60. The van der Waals surface area contributed by atoms with Gasteiger partial charge < -0.3 is 19.5 Å². The Bertz CT molecular complexity index is 1140. The van der Waals surface area contributed by atoms with Crippen LogP contribution in [0, 0.1) is 0 Å². The number of hydrogen-bond acceptors (Lipinski definition) is 3. The highest BCUT2D eigenvalue weighted by atomic mass is 16.6. The predicted octanol–water partition coefficient (Wildman–Crippen LogP) is 4.20. The predicted molar refractivity (Wildman–Crippen MR) is 125 cm³/mol. The van der Waals surface area contributed by atoms with E-state index >= 15 is 0 Å². The molecule has 0 saturated heterocycles. The van der Waals surface area contributed by atoms with Crippen molar-refractivity contribution in [2.24, 2.45) is 7.05 Å². The number of aromatic nitrogens is 1. The van der Waals surface area contributed by atoms with Crippen LogP contribution in [0.2, 0.25) is 0 Å². The topological polar surface area (TPSA) is 63.6 Å². The van der Waals surface area contributed by atoms with Crippen LogP contribution in [0.3, 0.4) is 0 Å². The van der Waals surface area contributed by atoms with Crippen LogP contribution in [0.5, 0.6) is 0 Å². The lowest BCUT2D eigenvalue weighted by atomic mass is 9.98. The highest BCUT2D eigenvalue weighted by Gasteiger charge is 2.31. The SMILES string of the molecule is Cn1cc(CC(NC(=O)OC(C)(C)C)C(=O)N2CCc3ccccc3C2)c2ccccc21. The van der Waals surface area contributed by atoms with Crippen molar-refractivity contribution in [3.8, 4) is 0 Å². The molecule has 0 saturated carbocycles. The third kappa shape index (κ3) is 4.79. The zero-order valence-electron chi connectivity index (χ0n) is 19.2. The summed E-state index contributed by atoms with van der Waals surface area (Å²) in [7, 11) is 1.99. The number of aryl methyl sites for hydroxylation is 1. The van der Waals surface area contributed by atoms with Gasteiger partial charge in [0.15, 0.2) is 0 Å². The number of hydrogen-bond donors (Lipinski definition) is 1. The molecule has 1 atom stereocenters. The number of nitrogens with zero attached hydrogens (tertiary/aromatic N) is 2. The molecule has 4 rings (SSSR count). The molecule has 6 heteroatoms. The molecule has 2 amide bonds. The summed E-state index contributed by atoms with van der Waals surface area (Å²) in [6, 6.07) is 15.6. The van der Waals surface area contributed by atoms with Crippen LogP contribution in [0.4, 0.5) is 4.79 Å². The molecule has 2 heterocycles. The van der Waals surface area contributed by atoms with E-state index < -0.39 is 17.7 Å². The van der Waals surface area contributed by atoms with Gasteiger partial charge in [-0.2, -0.15) is 0 Å². The zero-order chi connectivity index (χ0) is 22.9. The van der Waals surface area contributed by atoms with Crippen molar-refractivity contribution in [2.45, 2.75) is 51.8 Å². The molecule has 1 aromatic heterocycles. The number of para-hydroxylation sites is 1. The van der Waals surface area contributed by atoms with Gasteiger partial charge in [0.1, 0.15) is 11.6 Å². The van der Waals surface area contributed by atoms with Gasteiger partial charge in [-0.1, -0.05) is 42.5 Å². The molecule has 0 fully saturated rings. The Morgan fingerprint density at radius 2 is 1.75 bits per heavy atom. The average Bonchev–Trinajstić information content (AvgIpc) is 3.06. The van der Waals surface area contributed by atoms with Crippen molar-refractivity contribution in [3.63, 3.8) is 0 Å². The summed E-state index contributed by atoms with van der Waals surface area (Å²) in [4.78, 5) is 28.1. The number of nitrogens with one attached hydrogen (secondary N) is 1. The van der Waals surface area contributed by atoms with Gasteiger partial charge in [0.2, 0.25) is 5.91 Å². The molecule has 0 radical (unpaired) electrons. The summed E-state index contributed by atoms with van der Waals surface area (Å²) in [5.74, 6) is -0.0849. The van der Waals surface area contributed by atoms with Crippen molar-refractivity contribution in [1.82, 2.24) is 14.8 Å². The fourth-order valence-corrected chi connectivity index (χ4v) is 4.36. The highest BCUT2D eigenvalue weighted by Crippen LogP contribution is 2.24. The first-order valence-electron chi connectivity index (χ1n) is 11.1. The van der Waals surface area contributed by atoms with E-state index in [-0.39, 0.29) is 5.91 Å². The van der Waals surface area contributed by atoms with Crippen LogP contribution in [0.1, 0.15) is 37.5 Å². The molecule has 1 N–H and O–H groups in total. The average molecular weight is 434 g/mol. The van der Waals surface area contributed by atoms with E-state index in [9.17, 15) is 9.59 Å². The Morgan fingerprint density at radius 3 is 2.50 bits per heavy atom. The van der Waals surface area contributed by atoms with Gasteiger partial charge in [-0.3, -0.25) is 4.79 Å². The molecule has 0 aliphatic carbocycles. The standard InChI is InChI=1S/C26H31N3O3/c1-26(2,3)32-25(31)27-22(15-20-16-28(4)23-12-8-7-11-21(20)23)24(30)29-14-13-18-9-5-6-10-19(18)17-29/h5-12,16,22H,13-15,17H2,1-4H3,(H,27,31). The molecule has 0 spiro atoms. The Hall–Kier alpha value is -3.28. The summed E-state index contributed by atoms with van der Waals surface area (Å²) in [5.41, 5.74) is 3.92. The highest BCUT2D eigenvalue weighted by molar-refractivity contribution is 5.89. The molecular weight excluding hydrogens is 402 g/mol. The van der Waals surface area contributed by atoms with Crippen molar-refractivity contribution in [2.75, 3.05) is 6.54 Å². The number of carbonyl (C=O) groups excluding carboxylic acids is 2. The number of rotatable bonds is 4. The van der Waals surface area contributed by atoms with Crippen molar-refractivity contribution in [3.05, 3.63) is 71.4 Å². The summed E-state index contributed by atoms with van der Waals surface area (Å²) in [5, 5.41) is 3.94. The molecule has 6 nitrogen and oxygen atoms in total. The minimum absolute atomic E-state index is 0.0849. The molecule has 0 bridgehead atoms. The van der Waals surface area contributed by atoms with E-state index in [1.165, 1.54) is 5.56 Å². The summed E-state index contributed by atoms with van der Waals surface area (Å²) < 4.78 is 7.52. The molecule has 1 aliphatic heterocycles. The van der Waals surface area contributed by atoms with Gasteiger partial charge in [0.05, 0.1) is 0 Å². The number of alkyl carbamates (subject to hydrolysis) is 1. The van der Waals surface area contributed by atoms with Crippen molar-refractivity contribution >= 4 is 22.9 Å². The lowest BCUT2D eigenvalue weighted by Gasteiger charge is -2.32. The van der Waals surface area contributed by atoms with E-state index in [4.69, 9.17) is 4.74 Å². The van der Waals surface area contributed by atoms with E-state index in [0.29, 0.717) is 19.5 Å². The summed E-state index contributed by atoms with van der Waals surface area (Å²) in [6.45, 7) is 6.63. The number of fused-ring (bicyclic) bond motifs is 2. The Morgan fingerprint density at radius 1 is 1.06 bits per heavy atom. The van der Waals surface area contributed by atoms with Crippen molar-refractivity contribution in [1.29, 1.82) is 0 Å². The number of benzene rings is 2. The number of carbonyl (C=O) groups is 2. The Labute approximate surface area is 189 Å². The molecule has 1 aliphatic rings. The van der Waals surface area contributed by atoms with Crippen LogP contribution in [0.25, 0.3) is 10.9 Å². The fourth-order valence-electron chi connectivity index (χ4n) is 4.36. The second-order valence-electron chi connectivity index (χ2n) is 9.46. The lowest BCUT2D eigenvalue weighted by molar-refractivity contribution is -0.134. The molecule has 32 heavy (non-hydrogen) atoms. The third-order valence-electron chi connectivity index (χ3n) is 5.83. The van der Waals surface area contributed by atoms with Crippen LogP contribution in [-0.4, -0.2) is 39.7 Å². The van der Waals surface area contributed by atoms with E-state index in [1.807, 2.05) is 63.2 Å². The maximum atomic E-state index is 13.6. The van der Waals surface area contributed by atoms with Gasteiger partial charge in [-0.25, -0.2) is 4.79 Å².